The SMILES string of the molecule is COCCCCN1C(=O)[C@@H](C)Sc2ccc(CC(=O)N(C(C)C)[C@@H]3CCCNC3)cc21.Cl. The average molecular weight is 484 g/mol. The molecule has 0 bridgehead atoms. The Balaban J connectivity index is 0.00000363. The number of hydrogen-bond donors (Lipinski definition) is 1. The number of carbonyl (C=O) groups is 2. The van der Waals surface area contributed by atoms with Crippen LogP contribution in [0.4, 0.5) is 5.69 Å². The van der Waals surface area contributed by atoms with Crippen molar-refractivity contribution in [2.75, 3.05) is 38.3 Å². The smallest absolute Gasteiger partial charge is 0.240 e. The van der Waals surface area contributed by atoms with E-state index in [2.05, 4.69) is 36.2 Å². The van der Waals surface area contributed by atoms with Crippen LogP contribution in [0.5, 0.6) is 0 Å². The van der Waals surface area contributed by atoms with Gasteiger partial charge in [0, 0.05) is 43.8 Å². The Morgan fingerprint density at radius 3 is 2.78 bits per heavy atom. The maximum atomic E-state index is 13.3. The molecule has 2 atom stereocenters. The molecule has 1 fully saturated rings. The number of nitrogens with one attached hydrogen (secondary N) is 1. The number of rotatable bonds is 9. The summed E-state index contributed by atoms with van der Waals surface area (Å²) in [6.45, 7) is 9.44. The van der Waals surface area contributed by atoms with Crippen molar-refractivity contribution < 1.29 is 14.3 Å². The largest absolute Gasteiger partial charge is 0.385 e. The van der Waals surface area contributed by atoms with Crippen molar-refractivity contribution >= 4 is 41.7 Å². The zero-order valence-corrected chi connectivity index (χ0v) is 21.4. The predicted molar refractivity (Wildman–Crippen MR) is 134 cm³/mol. The molecule has 180 valence electrons. The van der Waals surface area contributed by atoms with Gasteiger partial charge in [0.1, 0.15) is 0 Å². The lowest BCUT2D eigenvalue weighted by molar-refractivity contribution is -0.135. The number of unbranched alkanes of at least 4 members (excludes halogenated alkanes) is 1. The summed E-state index contributed by atoms with van der Waals surface area (Å²) < 4.78 is 5.15. The quantitative estimate of drug-likeness (QED) is 0.540. The number of halogens is 1. The van der Waals surface area contributed by atoms with Gasteiger partial charge in [-0.2, -0.15) is 0 Å². The molecular weight excluding hydrogens is 446 g/mol. The minimum absolute atomic E-state index is 0. The third-order valence-corrected chi connectivity index (χ3v) is 7.23. The standard InChI is InChI=1S/C24H37N3O3S.ClH/c1-17(2)27(20-8-7-11-25-16-20)23(28)15-19-9-10-22-21(14-19)26(12-5-6-13-30-4)24(29)18(3)31-22;/h9-10,14,17-18,20,25H,5-8,11-13,15-16H2,1-4H3;1H/t18-,20-;/m1./s1. The van der Waals surface area contributed by atoms with Crippen LogP contribution in [0.15, 0.2) is 23.1 Å². The molecule has 2 aliphatic rings. The summed E-state index contributed by atoms with van der Waals surface area (Å²) in [4.78, 5) is 31.2. The van der Waals surface area contributed by atoms with Crippen molar-refractivity contribution in [2.24, 2.45) is 0 Å². The first-order valence-corrected chi connectivity index (χ1v) is 12.4. The van der Waals surface area contributed by atoms with E-state index in [-0.39, 0.29) is 41.6 Å². The number of anilines is 1. The van der Waals surface area contributed by atoms with E-state index < -0.39 is 0 Å². The van der Waals surface area contributed by atoms with E-state index in [9.17, 15) is 9.59 Å². The van der Waals surface area contributed by atoms with Crippen molar-refractivity contribution in [1.29, 1.82) is 0 Å². The second kappa shape index (κ2) is 12.8. The van der Waals surface area contributed by atoms with Crippen LogP contribution < -0.4 is 10.2 Å². The monoisotopic (exact) mass is 483 g/mol. The second-order valence-corrected chi connectivity index (χ2v) is 10.2. The Morgan fingerprint density at radius 2 is 2.12 bits per heavy atom. The van der Waals surface area contributed by atoms with Gasteiger partial charge in [0.25, 0.3) is 0 Å². The Hall–Kier alpha value is -1.28. The number of benzene rings is 1. The van der Waals surface area contributed by atoms with E-state index >= 15 is 0 Å². The molecule has 6 nitrogen and oxygen atoms in total. The molecule has 0 unspecified atom stereocenters. The number of amides is 2. The van der Waals surface area contributed by atoms with Crippen LogP contribution in [0.3, 0.4) is 0 Å². The lowest BCUT2D eigenvalue weighted by Gasteiger charge is -2.38. The van der Waals surface area contributed by atoms with Gasteiger partial charge in [-0.05, 0) is 70.7 Å². The van der Waals surface area contributed by atoms with E-state index in [4.69, 9.17) is 4.74 Å². The summed E-state index contributed by atoms with van der Waals surface area (Å²) in [6, 6.07) is 6.61. The van der Waals surface area contributed by atoms with Gasteiger partial charge in [-0.25, -0.2) is 0 Å². The molecule has 0 saturated carbocycles. The highest BCUT2D eigenvalue weighted by molar-refractivity contribution is 8.01. The molecule has 1 N–H and O–H groups in total. The van der Waals surface area contributed by atoms with Gasteiger partial charge in [0.05, 0.1) is 17.4 Å². The molecule has 1 aromatic rings. The molecule has 0 radical (unpaired) electrons. The van der Waals surface area contributed by atoms with Crippen LogP contribution >= 0.6 is 24.2 Å². The number of carbonyl (C=O) groups excluding carboxylic acids is 2. The highest BCUT2D eigenvalue weighted by Gasteiger charge is 2.31. The lowest BCUT2D eigenvalue weighted by Crippen LogP contribution is -2.52. The molecule has 32 heavy (non-hydrogen) atoms. The minimum Gasteiger partial charge on any atom is -0.385 e. The van der Waals surface area contributed by atoms with E-state index in [1.807, 2.05) is 17.9 Å². The van der Waals surface area contributed by atoms with E-state index in [0.29, 0.717) is 19.6 Å². The summed E-state index contributed by atoms with van der Waals surface area (Å²) in [7, 11) is 1.70. The van der Waals surface area contributed by atoms with Gasteiger partial charge in [-0.3, -0.25) is 9.59 Å². The van der Waals surface area contributed by atoms with E-state index in [0.717, 1.165) is 54.9 Å². The first kappa shape index (κ1) is 27.0. The molecule has 2 amide bonds. The van der Waals surface area contributed by atoms with Crippen LogP contribution in [-0.2, 0) is 20.7 Å². The molecule has 3 rings (SSSR count). The van der Waals surface area contributed by atoms with Crippen molar-refractivity contribution in [3.63, 3.8) is 0 Å². The predicted octanol–water partition coefficient (Wildman–Crippen LogP) is 3.89. The highest BCUT2D eigenvalue weighted by atomic mass is 35.5. The zero-order chi connectivity index (χ0) is 22.4. The second-order valence-electron chi connectivity index (χ2n) is 8.82. The first-order chi connectivity index (χ1) is 14.9. The third-order valence-electron chi connectivity index (χ3n) is 6.08. The number of hydrogen-bond acceptors (Lipinski definition) is 5. The summed E-state index contributed by atoms with van der Waals surface area (Å²) in [6.07, 6.45) is 4.35. The van der Waals surface area contributed by atoms with Gasteiger partial charge in [0.2, 0.25) is 11.8 Å². The van der Waals surface area contributed by atoms with Crippen molar-refractivity contribution in [1.82, 2.24) is 10.2 Å². The summed E-state index contributed by atoms with van der Waals surface area (Å²) in [5, 5.41) is 3.34. The van der Waals surface area contributed by atoms with Crippen molar-refractivity contribution in [2.45, 2.75) is 75.1 Å². The fourth-order valence-corrected chi connectivity index (χ4v) is 5.60. The molecule has 0 aliphatic carbocycles. The zero-order valence-electron chi connectivity index (χ0n) is 19.8. The molecular formula is C24H38ClN3O3S. The van der Waals surface area contributed by atoms with Crippen LogP contribution in [0.2, 0.25) is 0 Å². The van der Waals surface area contributed by atoms with Crippen LogP contribution in [0.1, 0.15) is 52.0 Å². The van der Waals surface area contributed by atoms with Gasteiger partial charge >= 0.3 is 0 Å². The Kier molecular flexibility index (Phi) is 10.8. The number of ether oxygens (including phenoxy) is 1. The Morgan fingerprint density at radius 1 is 1.34 bits per heavy atom. The van der Waals surface area contributed by atoms with Crippen molar-refractivity contribution in [3.8, 4) is 0 Å². The number of piperidine rings is 1. The number of methoxy groups -OCH3 is 1. The van der Waals surface area contributed by atoms with E-state index in [1.165, 1.54) is 0 Å². The average Bonchev–Trinajstić information content (AvgIpc) is 2.74. The molecule has 2 aliphatic heterocycles. The normalized spacial score (nSPS) is 20.7. The van der Waals surface area contributed by atoms with Gasteiger partial charge in [-0.15, -0.1) is 24.2 Å². The summed E-state index contributed by atoms with van der Waals surface area (Å²) >= 11 is 1.61. The van der Waals surface area contributed by atoms with Crippen LogP contribution in [0, 0.1) is 0 Å². The van der Waals surface area contributed by atoms with Crippen molar-refractivity contribution in [3.05, 3.63) is 23.8 Å². The highest BCUT2D eigenvalue weighted by Crippen LogP contribution is 2.40. The summed E-state index contributed by atoms with van der Waals surface area (Å²) in [5.41, 5.74) is 1.93. The molecule has 0 spiro atoms. The molecule has 2 heterocycles. The number of nitrogens with zero attached hydrogens (tertiary/aromatic N) is 2. The van der Waals surface area contributed by atoms with Gasteiger partial charge in [-0.1, -0.05) is 6.07 Å². The van der Waals surface area contributed by atoms with Gasteiger partial charge in [0.15, 0.2) is 0 Å². The van der Waals surface area contributed by atoms with E-state index in [1.54, 1.807) is 18.9 Å². The minimum atomic E-state index is -0.0855. The summed E-state index contributed by atoms with van der Waals surface area (Å²) in [5.74, 6) is 0.314. The molecule has 1 saturated heterocycles. The van der Waals surface area contributed by atoms with Crippen LogP contribution in [0.25, 0.3) is 0 Å². The lowest BCUT2D eigenvalue weighted by atomic mass is 10.0. The number of thioether (sulfide) groups is 1. The fraction of sp³-hybridized carbons (Fsp3) is 0.667. The van der Waals surface area contributed by atoms with Gasteiger partial charge < -0.3 is 19.9 Å². The maximum absolute atomic E-state index is 13.3. The first-order valence-electron chi connectivity index (χ1n) is 11.5. The fourth-order valence-electron chi connectivity index (χ4n) is 4.56. The topological polar surface area (TPSA) is 61.9 Å². The third kappa shape index (κ3) is 6.62. The molecule has 8 heteroatoms. The Bertz CT molecular complexity index is 771. The maximum Gasteiger partial charge on any atom is 0.240 e. The number of fused-ring (bicyclic) bond motifs is 1. The Labute approximate surface area is 203 Å². The van der Waals surface area contributed by atoms with Crippen LogP contribution in [-0.4, -0.2) is 67.4 Å². The molecule has 1 aromatic carbocycles. The molecule has 0 aromatic heterocycles.